The van der Waals surface area contributed by atoms with Crippen molar-refractivity contribution in [2.24, 2.45) is 0 Å². The van der Waals surface area contributed by atoms with Crippen molar-refractivity contribution in [2.45, 2.75) is 71.6 Å². The van der Waals surface area contributed by atoms with Crippen LogP contribution >= 0.6 is 0 Å². The monoisotopic (exact) mass is 322 g/mol. The first kappa shape index (κ1) is 20.9. The number of quaternary nitrogens is 1. The Morgan fingerprint density at radius 1 is 0.857 bits per heavy atom. The van der Waals surface area contributed by atoms with Crippen molar-refractivity contribution in [3.63, 3.8) is 0 Å². The highest BCUT2D eigenvalue weighted by Crippen LogP contribution is 2.21. The minimum atomic E-state index is -3.67. The standard InChI is InChI=1S/C15H32N.CH4O3S/c1-3-5-7-9-13-16(12-6-4-2)14-10-8-11-15-16;1-5(2,3)4/h3-15H2,1-2H3;1H3,(H,2,3,4)/q+1;. The van der Waals surface area contributed by atoms with Crippen molar-refractivity contribution < 1.29 is 17.5 Å². The lowest BCUT2D eigenvalue weighted by molar-refractivity contribution is -0.932. The van der Waals surface area contributed by atoms with Gasteiger partial charge in [0.05, 0.1) is 32.4 Å². The van der Waals surface area contributed by atoms with E-state index in [0.717, 1.165) is 0 Å². The van der Waals surface area contributed by atoms with E-state index in [1.165, 1.54) is 88.4 Å². The van der Waals surface area contributed by atoms with E-state index >= 15 is 0 Å². The Labute approximate surface area is 132 Å². The number of likely N-dealkylation sites (tertiary alicyclic amines) is 1. The van der Waals surface area contributed by atoms with Crippen molar-refractivity contribution in [2.75, 3.05) is 32.4 Å². The summed E-state index contributed by atoms with van der Waals surface area (Å²) in [5.74, 6) is 0. The zero-order valence-electron chi connectivity index (χ0n) is 14.3. The van der Waals surface area contributed by atoms with Gasteiger partial charge in [-0.25, -0.2) is 0 Å². The largest absolute Gasteiger partial charge is 0.324 e. The molecule has 0 aromatic carbocycles. The Bertz CT molecular complexity index is 327. The van der Waals surface area contributed by atoms with Crippen LogP contribution in [-0.4, -0.2) is 49.9 Å². The van der Waals surface area contributed by atoms with Gasteiger partial charge in [0.1, 0.15) is 0 Å². The molecule has 4 nitrogen and oxygen atoms in total. The highest BCUT2D eigenvalue weighted by molar-refractivity contribution is 7.85. The molecule has 21 heavy (non-hydrogen) atoms. The van der Waals surface area contributed by atoms with E-state index in [-0.39, 0.29) is 0 Å². The molecular formula is C16H36NO3S+. The van der Waals surface area contributed by atoms with E-state index in [9.17, 15) is 8.42 Å². The zero-order valence-corrected chi connectivity index (χ0v) is 15.1. The molecule has 1 heterocycles. The number of hydrogen-bond acceptors (Lipinski definition) is 2. The fourth-order valence-electron chi connectivity index (χ4n) is 3.11. The Hall–Kier alpha value is -0.130. The molecular weight excluding hydrogens is 286 g/mol. The summed E-state index contributed by atoms with van der Waals surface area (Å²) >= 11 is 0. The highest BCUT2D eigenvalue weighted by atomic mass is 32.2. The van der Waals surface area contributed by atoms with Crippen LogP contribution in [0, 0.1) is 0 Å². The molecule has 0 bridgehead atoms. The highest BCUT2D eigenvalue weighted by Gasteiger charge is 2.28. The fraction of sp³-hybridized carbons (Fsp3) is 1.00. The summed E-state index contributed by atoms with van der Waals surface area (Å²) in [6.45, 7) is 10.5. The Morgan fingerprint density at radius 2 is 1.33 bits per heavy atom. The second-order valence-electron chi connectivity index (χ2n) is 6.44. The normalized spacial score (nSPS) is 17.9. The van der Waals surface area contributed by atoms with Crippen LogP contribution in [0.5, 0.6) is 0 Å². The molecule has 0 aliphatic carbocycles. The van der Waals surface area contributed by atoms with Crippen LogP contribution < -0.4 is 0 Å². The van der Waals surface area contributed by atoms with Gasteiger partial charge >= 0.3 is 0 Å². The van der Waals surface area contributed by atoms with Crippen molar-refractivity contribution in [3.8, 4) is 0 Å². The van der Waals surface area contributed by atoms with Crippen LogP contribution in [0.15, 0.2) is 0 Å². The Kier molecular flexibility index (Phi) is 11.4. The number of unbranched alkanes of at least 4 members (excludes halogenated alkanes) is 4. The Balaban J connectivity index is 0.000000690. The molecule has 0 atom stereocenters. The SMILES string of the molecule is CCCCCC[N+]1(CCCC)CCCCC1.CS(=O)(=O)O. The van der Waals surface area contributed by atoms with Gasteiger partial charge in [-0.2, -0.15) is 8.42 Å². The average molecular weight is 323 g/mol. The van der Waals surface area contributed by atoms with Crippen molar-refractivity contribution in [1.82, 2.24) is 0 Å². The summed E-state index contributed by atoms with van der Waals surface area (Å²) < 4.78 is 27.3. The molecule has 0 saturated carbocycles. The van der Waals surface area contributed by atoms with Gasteiger partial charge in [0, 0.05) is 0 Å². The molecule has 0 aromatic rings. The molecule has 0 unspecified atom stereocenters. The summed E-state index contributed by atoms with van der Waals surface area (Å²) in [6.07, 6.45) is 13.7. The first-order chi connectivity index (χ1) is 9.83. The third-order valence-electron chi connectivity index (χ3n) is 4.24. The molecule has 1 aliphatic rings. The number of hydrogen-bond donors (Lipinski definition) is 1. The van der Waals surface area contributed by atoms with Crippen LogP contribution in [0.1, 0.15) is 71.6 Å². The van der Waals surface area contributed by atoms with E-state index in [1.54, 1.807) is 0 Å². The maximum atomic E-state index is 9.19. The van der Waals surface area contributed by atoms with E-state index in [4.69, 9.17) is 4.55 Å². The summed E-state index contributed by atoms with van der Waals surface area (Å²) in [7, 11) is -3.67. The summed E-state index contributed by atoms with van der Waals surface area (Å²) in [4.78, 5) is 0. The van der Waals surface area contributed by atoms with E-state index in [0.29, 0.717) is 6.26 Å². The van der Waals surface area contributed by atoms with E-state index < -0.39 is 10.1 Å². The lowest BCUT2D eigenvalue weighted by Gasteiger charge is -2.42. The summed E-state index contributed by atoms with van der Waals surface area (Å²) in [5.41, 5.74) is 0. The summed E-state index contributed by atoms with van der Waals surface area (Å²) in [6, 6.07) is 0. The first-order valence-corrected chi connectivity index (χ1v) is 10.5. The molecule has 1 rings (SSSR count). The Morgan fingerprint density at radius 3 is 1.81 bits per heavy atom. The van der Waals surface area contributed by atoms with Crippen LogP contribution in [0.4, 0.5) is 0 Å². The first-order valence-electron chi connectivity index (χ1n) is 8.60. The third-order valence-corrected chi connectivity index (χ3v) is 4.24. The minimum absolute atomic E-state index is 0.715. The van der Waals surface area contributed by atoms with E-state index in [2.05, 4.69) is 13.8 Å². The lowest BCUT2D eigenvalue weighted by atomic mass is 10.0. The van der Waals surface area contributed by atoms with Crippen molar-refractivity contribution in [3.05, 3.63) is 0 Å². The van der Waals surface area contributed by atoms with Gasteiger partial charge in [0.2, 0.25) is 0 Å². The number of rotatable bonds is 8. The third kappa shape index (κ3) is 13.3. The van der Waals surface area contributed by atoms with Gasteiger partial charge < -0.3 is 4.48 Å². The maximum absolute atomic E-state index is 9.19. The summed E-state index contributed by atoms with van der Waals surface area (Å²) in [5, 5.41) is 0. The smallest absolute Gasteiger partial charge is 0.261 e. The molecule has 1 saturated heterocycles. The van der Waals surface area contributed by atoms with Gasteiger partial charge in [-0.3, -0.25) is 4.55 Å². The maximum Gasteiger partial charge on any atom is 0.261 e. The lowest BCUT2D eigenvalue weighted by Crippen LogP contribution is -2.52. The second-order valence-corrected chi connectivity index (χ2v) is 7.91. The molecule has 5 heteroatoms. The minimum Gasteiger partial charge on any atom is -0.324 e. The molecule has 128 valence electrons. The zero-order chi connectivity index (χ0) is 16.2. The molecule has 0 spiro atoms. The van der Waals surface area contributed by atoms with Gasteiger partial charge in [-0.05, 0) is 38.5 Å². The number of piperidine rings is 1. The van der Waals surface area contributed by atoms with Crippen LogP contribution in [-0.2, 0) is 10.1 Å². The predicted molar refractivity (Wildman–Crippen MR) is 90.1 cm³/mol. The van der Waals surface area contributed by atoms with Crippen LogP contribution in [0.2, 0.25) is 0 Å². The van der Waals surface area contributed by atoms with Crippen molar-refractivity contribution >= 4 is 10.1 Å². The predicted octanol–water partition coefficient (Wildman–Crippen LogP) is 3.87. The molecule has 1 N–H and O–H groups in total. The molecule has 0 aromatic heterocycles. The van der Waals surface area contributed by atoms with Crippen molar-refractivity contribution in [1.29, 1.82) is 0 Å². The second kappa shape index (κ2) is 11.4. The van der Waals surface area contributed by atoms with Crippen LogP contribution in [0.25, 0.3) is 0 Å². The fourth-order valence-corrected chi connectivity index (χ4v) is 3.11. The molecule has 1 fully saturated rings. The molecule has 0 amide bonds. The van der Waals surface area contributed by atoms with Gasteiger partial charge in [-0.15, -0.1) is 0 Å². The average Bonchev–Trinajstić information content (AvgIpc) is 2.41. The van der Waals surface area contributed by atoms with Gasteiger partial charge in [0.15, 0.2) is 0 Å². The van der Waals surface area contributed by atoms with Gasteiger partial charge in [-0.1, -0.05) is 33.1 Å². The molecule has 1 aliphatic heterocycles. The van der Waals surface area contributed by atoms with Crippen LogP contribution in [0.3, 0.4) is 0 Å². The number of nitrogens with zero attached hydrogens (tertiary/aromatic N) is 1. The quantitative estimate of drug-likeness (QED) is 0.419. The van der Waals surface area contributed by atoms with E-state index in [1.807, 2.05) is 0 Å². The molecule has 0 radical (unpaired) electrons. The topological polar surface area (TPSA) is 54.4 Å². The van der Waals surface area contributed by atoms with Gasteiger partial charge in [0.25, 0.3) is 10.1 Å².